The summed E-state index contributed by atoms with van der Waals surface area (Å²) in [7, 11) is -1.12. The van der Waals surface area contributed by atoms with Gasteiger partial charge in [0.2, 0.25) is 15.9 Å². The first-order chi connectivity index (χ1) is 10.1. The number of carbonyl (C=O) groups excluding carboxylic acids is 1. The van der Waals surface area contributed by atoms with Crippen molar-refractivity contribution in [3.8, 4) is 5.75 Å². The molecule has 0 bridgehead atoms. The number of benzene rings is 1. The van der Waals surface area contributed by atoms with Crippen LogP contribution in [0.15, 0.2) is 23.1 Å². The summed E-state index contributed by atoms with van der Waals surface area (Å²) in [5, 5.41) is 17.5. The number of carbonyl (C=O) groups is 1. The van der Waals surface area contributed by atoms with Crippen molar-refractivity contribution < 1.29 is 27.8 Å². The second-order valence-electron chi connectivity index (χ2n) is 5.06. The number of amides is 1. The Morgan fingerprint density at radius 2 is 2.05 bits per heavy atom. The third kappa shape index (κ3) is 5.26. The number of aliphatic hydroxyl groups is 1. The SMILES string of the molecule is COCC(C)(O)CC(=O)Nc1ccc(S(N)(=O)=O)cc1OC. The Bertz CT molecular complexity index is 642. The van der Waals surface area contributed by atoms with Gasteiger partial charge in [-0.05, 0) is 19.1 Å². The molecule has 1 unspecified atom stereocenters. The van der Waals surface area contributed by atoms with Gasteiger partial charge in [0.25, 0.3) is 0 Å². The second kappa shape index (κ2) is 7.05. The van der Waals surface area contributed by atoms with Gasteiger partial charge in [-0.2, -0.15) is 0 Å². The van der Waals surface area contributed by atoms with Gasteiger partial charge in [0.05, 0.1) is 36.3 Å². The molecule has 9 heteroatoms. The molecule has 0 aliphatic rings. The molecule has 1 atom stereocenters. The molecule has 1 aromatic rings. The van der Waals surface area contributed by atoms with E-state index in [1.165, 1.54) is 39.3 Å². The number of hydrogen-bond donors (Lipinski definition) is 3. The molecule has 1 aromatic carbocycles. The minimum Gasteiger partial charge on any atom is -0.495 e. The highest BCUT2D eigenvalue weighted by Gasteiger charge is 2.25. The third-order valence-electron chi connectivity index (χ3n) is 2.77. The molecule has 8 nitrogen and oxygen atoms in total. The lowest BCUT2D eigenvalue weighted by molar-refractivity contribution is -0.122. The lowest BCUT2D eigenvalue weighted by Crippen LogP contribution is -2.35. The summed E-state index contributed by atoms with van der Waals surface area (Å²) >= 11 is 0. The molecule has 0 radical (unpaired) electrons. The van der Waals surface area contributed by atoms with Crippen molar-refractivity contribution in [2.45, 2.75) is 23.8 Å². The number of hydrogen-bond acceptors (Lipinski definition) is 6. The van der Waals surface area contributed by atoms with E-state index in [0.29, 0.717) is 0 Å². The number of nitrogens with one attached hydrogen (secondary N) is 1. The molecular weight excluding hydrogens is 312 g/mol. The van der Waals surface area contributed by atoms with Gasteiger partial charge in [-0.25, -0.2) is 13.6 Å². The summed E-state index contributed by atoms with van der Waals surface area (Å²) < 4.78 is 32.4. The van der Waals surface area contributed by atoms with Crippen molar-refractivity contribution in [2.75, 3.05) is 26.1 Å². The van der Waals surface area contributed by atoms with Crippen LogP contribution >= 0.6 is 0 Å². The first-order valence-electron chi connectivity index (χ1n) is 6.31. The molecule has 22 heavy (non-hydrogen) atoms. The molecule has 1 rings (SSSR count). The van der Waals surface area contributed by atoms with Gasteiger partial charge >= 0.3 is 0 Å². The van der Waals surface area contributed by atoms with Crippen molar-refractivity contribution in [3.63, 3.8) is 0 Å². The maximum atomic E-state index is 11.9. The molecule has 124 valence electrons. The molecule has 0 fully saturated rings. The Kier molecular flexibility index (Phi) is 5.89. The Balaban J connectivity index is 2.92. The highest BCUT2D eigenvalue weighted by atomic mass is 32.2. The van der Waals surface area contributed by atoms with Crippen LogP contribution in [-0.4, -0.2) is 45.9 Å². The predicted molar refractivity (Wildman–Crippen MR) is 80.1 cm³/mol. The number of primary sulfonamides is 1. The summed E-state index contributed by atoms with van der Waals surface area (Å²) in [4.78, 5) is 11.8. The van der Waals surface area contributed by atoms with E-state index in [1.807, 2.05) is 0 Å². The van der Waals surface area contributed by atoms with E-state index in [0.717, 1.165) is 0 Å². The largest absolute Gasteiger partial charge is 0.495 e. The minimum absolute atomic E-state index is 0.00189. The molecule has 0 spiro atoms. The first-order valence-corrected chi connectivity index (χ1v) is 7.86. The zero-order valence-electron chi connectivity index (χ0n) is 12.6. The highest BCUT2D eigenvalue weighted by molar-refractivity contribution is 7.89. The van der Waals surface area contributed by atoms with Crippen molar-refractivity contribution in [1.82, 2.24) is 0 Å². The number of ether oxygens (including phenoxy) is 2. The maximum absolute atomic E-state index is 11.9. The van der Waals surface area contributed by atoms with Gasteiger partial charge in [-0.15, -0.1) is 0 Å². The molecule has 0 saturated heterocycles. The molecule has 1 amide bonds. The monoisotopic (exact) mass is 332 g/mol. The number of rotatable bonds is 7. The maximum Gasteiger partial charge on any atom is 0.238 e. The molecule has 0 aromatic heterocycles. The zero-order chi connectivity index (χ0) is 17.0. The van der Waals surface area contributed by atoms with Crippen molar-refractivity contribution in [3.05, 3.63) is 18.2 Å². The van der Waals surface area contributed by atoms with E-state index in [1.54, 1.807) is 0 Å². The van der Waals surface area contributed by atoms with Gasteiger partial charge in [0.1, 0.15) is 5.75 Å². The highest BCUT2D eigenvalue weighted by Crippen LogP contribution is 2.27. The van der Waals surface area contributed by atoms with E-state index >= 15 is 0 Å². The summed E-state index contributed by atoms with van der Waals surface area (Å²) in [6, 6.07) is 3.82. The predicted octanol–water partition coefficient (Wildman–Crippen LogP) is 0.0686. The minimum atomic E-state index is -3.87. The Morgan fingerprint density at radius 3 is 2.55 bits per heavy atom. The van der Waals surface area contributed by atoms with Crippen LogP contribution in [-0.2, 0) is 19.6 Å². The van der Waals surface area contributed by atoms with Gasteiger partial charge in [0.15, 0.2) is 0 Å². The lowest BCUT2D eigenvalue weighted by Gasteiger charge is -2.21. The molecule has 4 N–H and O–H groups in total. The fraction of sp³-hybridized carbons (Fsp3) is 0.462. The summed E-state index contributed by atoms with van der Waals surface area (Å²) in [5.41, 5.74) is -1.04. The first kappa shape index (κ1) is 18.4. The second-order valence-corrected chi connectivity index (χ2v) is 6.62. The van der Waals surface area contributed by atoms with Crippen LogP contribution in [0.4, 0.5) is 5.69 Å². The van der Waals surface area contributed by atoms with E-state index in [4.69, 9.17) is 14.6 Å². The van der Waals surface area contributed by atoms with Crippen LogP contribution in [0, 0.1) is 0 Å². The smallest absolute Gasteiger partial charge is 0.238 e. The normalized spacial score (nSPS) is 14.2. The molecule has 0 saturated carbocycles. The van der Waals surface area contributed by atoms with Crippen molar-refractivity contribution >= 4 is 21.6 Å². The van der Waals surface area contributed by atoms with E-state index < -0.39 is 21.5 Å². The topological polar surface area (TPSA) is 128 Å². The average molecular weight is 332 g/mol. The summed E-state index contributed by atoms with van der Waals surface area (Å²) in [6.45, 7) is 1.47. The van der Waals surface area contributed by atoms with Crippen LogP contribution in [0.5, 0.6) is 5.75 Å². The quantitative estimate of drug-likeness (QED) is 0.648. The summed E-state index contributed by atoms with van der Waals surface area (Å²) in [5.74, 6) is -0.324. The van der Waals surface area contributed by atoms with Gasteiger partial charge in [0, 0.05) is 13.2 Å². The third-order valence-corrected chi connectivity index (χ3v) is 3.68. The van der Waals surface area contributed by atoms with Crippen LogP contribution in [0.3, 0.4) is 0 Å². The Morgan fingerprint density at radius 1 is 1.41 bits per heavy atom. The van der Waals surface area contributed by atoms with Gasteiger partial charge in [-0.3, -0.25) is 4.79 Å². The molecule has 0 aliphatic carbocycles. The molecule has 0 heterocycles. The van der Waals surface area contributed by atoms with Crippen molar-refractivity contribution in [1.29, 1.82) is 0 Å². The fourth-order valence-corrected chi connectivity index (χ4v) is 2.38. The van der Waals surface area contributed by atoms with Crippen LogP contribution in [0.1, 0.15) is 13.3 Å². The lowest BCUT2D eigenvalue weighted by atomic mass is 10.0. The fourth-order valence-electron chi connectivity index (χ4n) is 1.85. The molecular formula is C13H20N2O6S. The van der Waals surface area contributed by atoms with Crippen LogP contribution < -0.4 is 15.2 Å². The van der Waals surface area contributed by atoms with E-state index in [9.17, 15) is 18.3 Å². The van der Waals surface area contributed by atoms with Gasteiger partial charge in [-0.1, -0.05) is 0 Å². The summed E-state index contributed by atoms with van der Waals surface area (Å²) in [6.07, 6.45) is -0.194. The zero-order valence-corrected chi connectivity index (χ0v) is 13.4. The van der Waals surface area contributed by atoms with E-state index in [-0.39, 0.29) is 29.4 Å². The standard InChI is InChI=1S/C13H20N2O6S/c1-13(17,8-20-2)7-12(16)15-10-5-4-9(22(14,18)19)6-11(10)21-3/h4-6,17H,7-8H2,1-3H3,(H,15,16)(H2,14,18,19). The average Bonchev–Trinajstić information content (AvgIpc) is 2.36. The number of methoxy groups -OCH3 is 2. The van der Waals surface area contributed by atoms with Crippen molar-refractivity contribution in [2.24, 2.45) is 5.14 Å². The van der Waals surface area contributed by atoms with Gasteiger partial charge < -0.3 is 19.9 Å². The number of anilines is 1. The molecule has 0 aliphatic heterocycles. The number of sulfonamides is 1. The number of nitrogens with two attached hydrogens (primary N) is 1. The van der Waals surface area contributed by atoms with Crippen LogP contribution in [0.25, 0.3) is 0 Å². The van der Waals surface area contributed by atoms with Crippen LogP contribution in [0.2, 0.25) is 0 Å². The Labute approximate surface area is 129 Å². The van der Waals surface area contributed by atoms with E-state index in [2.05, 4.69) is 5.32 Å². The Hall–Kier alpha value is -1.68.